The Bertz CT molecular complexity index is 500. The molecule has 0 radical (unpaired) electrons. The van der Waals surface area contributed by atoms with Crippen molar-refractivity contribution in [2.75, 3.05) is 13.2 Å². The van der Waals surface area contributed by atoms with Crippen molar-refractivity contribution in [1.82, 2.24) is 5.32 Å². The zero-order valence-electron chi connectivity index (χ0n) is 10.8. The summed E-state index contributed by atoms with van der Waals surface area (Å²) in [6.45, 7) is 0.893. The van der Waals surface area contributed by atoms with Gasteiger partial charge in [0.2, 0.25) is 5.91 Å². The predicted octanol–water partition coefficient (Wildman–Crippen LogP) is 1.49. The lowest BCUT2D eigenvalue weighted by Gasteiger charge is -2.17. The van der Waals surface area contributed by atoms with E-state index in [9.17, 15) is 14.7 Å². The van der Waals surface area contributed by atoms with Gasteiger partial charge in [-0.05, 0) is 18.1 Å². The van der Waals surface area contributed by atoms with Gasteiger partial charge in [0.05, 0.1) is 12.5 Å². The molecule has 1 aromatic rings. The molecule has 2 N–H and O–H groups in total. The van der Waals surface area contributed by atoms with Crippen LogP contribution in [0.15, 0.2) is 24.3 Å². The summed E-state index contributed by atoms with van der Waals surface area (Å²) in [7, 11) is 0. The Morgan fingerprint density at radius 3 is 2.80 bits per heavy atom. The van der Waals surface area contributed by atoms with Crippen molar-refractivity contribution in [2.45, 2.75) is 18.9 Å². The van der Waals surface area contributed by atoms with E-state index in [0.29, 0.717) is 30.2 Å². The Labute approximate surface area is 121 Å². The molecule has 2 atom stereocenters. The first-order valence-electron chi connectivity index (χ1n) is 6.42. The number of hydrogen-bond acceptors (Lipinski definition) is 3. The van der Waals surface area contributed by atoms with Crippen LogP contribution >= 0.6 is 11.6 Å². The molecule has 0 spiro atoms. The zero-order chi connectivity index (χ0) is 14.5. The van der Waals surface area contributed by atoms with Gasteiger partial charge in [0.15, 0.2) is 0 Å². The third-order valence-electron chi connectivity index (χ3n) is 3.30. The molecule has 0 bridgehead atoms. The summed E-state index contributed by atoms with van der Waals surface area (Å²) < 4.78 is 5.13. The first-order chi connectivity index (χ1) is 9.58. The number of carbonyl (C=O) groups is 2. The number of amides is 1. The van der Waals surface area contributed by atoms with Crippen molar-refractivity contribution in [1.29, 1.82) is 0 Å². The van der Waals surface area contributed by atoms with Crippen molar-refractivity contribution in [3.63, 3.8) is 0 Å². The van der Waals surface area contributed by atoms with Crippen molar-refractivity contribution in [2.24, 2.45) is 5.92 Å². The molecule has 2 rings (SSSR count). The number of hydrogen-bond donors (Lipinski definition) is 2. The SMILES string of the molecule is O=C(N[C@H](Cc1ccccc1Cl)C(=O)O)[C@@H]1CCOC1. The zero-order valence-corrected chi connectivity index (χ0v) is 11.6. The normalized spacial score (nSPS) is 19.6. The highest BCUT2D eigenvalue weighted by atomic mass is 35.5. The maximum atomic E-state index is 11.9. The minimum atomic E-state index is -1.07. The first kappa shape index (κ1) is 14.8. The van der Waals surface area contributed by atoms with Gasteiger partial charge in [-0.3, -0.25) is 4.79 Å². The van der Waals surface area contributed by atoms with E-state index in [2.05, 4.69) is 5.32 Å². The van der Waals surface area contributed by atoms with Crippen molar-refractivity contribution >= 4 is 23.5 Å². The van der Waals surface area contributed by atoms with Crippen LogP contribution in [0.4, 0.5) is 0 Å². The number of rotatable bonds is 5. The minimum absolute atomic E-state index is 0.161. The van der Waals surface area contributed by atoms with E-state index in [1.54, 1.807) is 24.3 Å². The number of benzene rings is 1. The topological polar surface area (TPSA) is 75.6 Å². The van der Waals surface area contributed by atoms with E-state index in [-0.39, 0.29) is 18.2 Å². The molecule has 0 aliphatic carbocycles. The van der Waals surface area contributed by atoms with Crippen LogP contribution in [0.1, 0.15) is 12.0 Å². The van der Waals surface area contributed by atoms with Gasteiger partial charge in [0.1, 0.15) is 6.04 Å². The lowest BCUT2D eigenvalue weighted by atomic mass is 10.0. The molecule has 1 amide bonds. The predicted molar refractivity (Wildman–Crippen MR) is 73.6 cm³/mol. The Hall–Kier alpha value is -1.59. The maximum absolute atomic E-state index is 11.9. The fourth-order valence-corrected chi connectivity index (χ4v) is 2.33. The van der Waals surface area contributed by atoms with Gasteiger partial charge in [-0.2, -0.15) is 0 Å². The highest BCUT2D eigenvalue weighted by Crippen LogP contribution is 2.18. The molecule has 1 saturated heterocycles. The van der Waals surface area contributed by atoms with Crippen LogP contribution < -0.4 is 5.32 Å². The van der Waals surface area contributed by atoms with Crippen molar-refractivity contribution in [3.8, 4) is 0 Å². The number of carbonyl (C=O) groups excluding carboxylic acids is 1. The van der Waals surface area contributed by atoms with E-state index in [1.807, 2.05) is 0 Å². The third-order valence-corrected chi connectivity index (χ3v) is 3.67. The average Bonchev–Trinajstić information content (AvgIpc) is 2.94. The number of carboxylic acids is 1. The number of aliphatic carboxylic acids is 1. The van der Waals surface area contributed by atoms with Gasteiger partial charge < -0.3 is 15.2 Å². The van der Waals surface area contributed by atoms with Crippen molar-refractivity contribution < 1.29 is 19.4 Å². The smallest absolute Gasteiger partial charge is 0.326 e. The fourth-order valence-electron chi connectivity index (χ4n) is 2.11. The molecule has 1 aliphatic heterocycles. The molecule has 0 aromatic heterocycles. The fraction of sp³-hybridized carbons (Fsp3) is 0.429. The summed E-state index contributed by atoms with van der Waals surface area (Å²) in [6.07, 6.45) is 0.790. The summed E-state index contributed by atoms with van der Waals surface area (Å²) in [6, 6.07) is 6.02. The number of carboxylic acid groups (broad SMARTS) is 1. The van der Waals surface area contributed by atoms with Crippen LogP contribution in [0.3, 0.4) is 0 Å². The van der Waals surface area contributed by atoms with Gasteiger partial charge in [0, 0.05) is 18.1 Å². The van der Waals surface area contributed by atoms with E-state index < -0.39 is 12.0 Å². The lowest BCUT2D eigenvalue weighted by molar-refractivity contribution is -0.142. The molecule has 108 valence electrons. The van der Waals surface area contributed by atoms with Crippen LogP contribution in [0.25, 0.3) is 0 Å². The quantitative estimate of drug-likeness (QED) is 0.863. The van der Waals surface area contributed by atoms with Crippen LogP contribution in [-0.4, -0.2) is 36.2 Å². The maximum Gasteiger partial charge on any atom is 0.326 e. The third kappa shape index (κ3) is 3.71. The van der Waals surface area contributed by atoms with E-state index in [1.165, 1.54) is 0 Å². The molecule has 1 heterocycles. The van der Waals surface area contributed by atoms with E-state index in [0.717, 1.165) is 0 Å². The molecule has 1 aliphatic rings. The highest BCUT2D eigenvalue weighted by Gasteiger charge is 2.28. The molecule has 5 nitrogen and oxygen atoms in total. The Kier molecular flexibility index (Phi) is 4.98. The number of nitrogens with one attached hydrogen (secondary N) is 1. The monoisotopic (exact) mass is 297 g/mol. The van der Waals surface area contributed by atoms with Gasteiger partial charge in [-0.25, -0.2) is 4.79 Å². The summed E-state index contributed by atoms with van der Waals surface area (Å²) in [5, 5.41) is 12.3. The second-order valence-corrected chi connectivity index (χ2v) is 5.16. The Morgan fingerprint density at radius 2 is 2.20 bits per heavy atom. The van der Waals surface area contributed by atoms with Gasteiger partial charge in [-0.15, -0.1) is 0 Å². The number of ether oxygens (including phenoxy) is 1. The molecule has 1 aromatic carbocycles. The van der Waals surface area contributed by atoms with Gasteiger partial charge in [-0.1, -0.05) is 29.8 Å². The second kappa shape index (κ2) is 6.72. The largest absolute Gasteiger partial charge is 0.480 e. The Morgan fingerprint density at radius 1 is 1.45 bits per heavy atom. The molecule has 0 unspecified atom stereocenters. The average molecular weight is 298 g/mol. The summed E-state index contributed by atoms with van der Waals surface area (Å²) in [5.74, 6) is -1.61. The molecule has 0 saturated carbocycles. The van der Waals surface area contributed by atoms with Gasteiger partial charge in [0.25, 0.3) is 0 Å². The molecule has 20 heavy (non-hydrogen) atoms. The first-order valence-corrected chi connectivity index (χ1v) is 6.80. The standard InChI is InChI=1S/C14H16ClNO4/c15-11-4-2-1-3-9(11)7-12(14(18)19)16-13(17)10-5-6-20-8-10/h1-4,10,12H,5-8H2,(H,16,17)(H,18,19)/t10-,12-/m1/s1. The highest BCUT2D eigenvalue weighted by molar-refractivity contribution is 6.31. The summed E-state index contributed by atoms with van der Waals surface area (Å²) >= 11 is 6.01. The summed E-state index contributed by atoms with van der Waals surface area (Å²) in [5.41, 5.74) is 0.699. The Balaban J connectivity index is 2.02. The van der Waals surface area contributed by atoms with Crippen LogP contribution in [0, 0.1) is 5.92 Å². The molecular formula is C14H16ClNO4. The van der Waals surface area contributed by atoms with E-state index >= 15 is 0 Å². The van der Waals surface area contributed by atoms with Gasteiger partial charge >= 0.3 is 5.97 Å². The van der Waals surface area contributed by atoms with Crippen molar-refractivity contribution in [3.05, 3.63) is 34.9 Å². The second-order valence-electron chi connectivity index (χ2n) is 4.76. The number of halogens is 1. The lowest BCUT2D eigenvalue weighted by Crippen LogP contribution is -2.45. The molecular weight excluding hydrogens is 282 g/mol. The van der Waals surface area contributed by atoms with Crippen LogP contribution in [-0.2, 0) is 20.7 Å². The van der Waals surface area contributed by atoms with Crippen LogP contribution in [0.2, 0.25) is 5.02 Å². The van der Waals surface area contributed by atoms with E-state index in [4.69, 9.17) is 16.3 Å². The minimum Gasteiger partial charge on any atom is -0.480 e. The summed E-state index contributed by atoms with van der Waals surface area (Å²) in [4.78, 5) is 23.2. The van der Waals surface area contributed by atoms with Crippen LogP contribution in [0.5, 0.6) is 0 Å². The molecule has 6 heteroatoms. The molecule has 1 fully saturated rings.